The summed E-state index contributed by atoms with van der Waals surface area (Å²) in [6, 6.07) is 6.34. The summed E-state index contributed by atoms with van der Waals surface area (Å²) in [5.74, 6) is 0.553. The first kappa shape index (κ1) is 13.9. The highest BCUT2D eigenvalue weighted by Crippen LogP contribution is 2.30. The number of nitrogens with one attached hydrogen (secondary N) is 1. The van der Waals surface area contributed by atoms with E-state index >= 15 is 0 Å². The first-order valence-corrected chi connectivity index (χ1v) is 6.96. The molecule has 1 N–H and O–H groups in total. The largest absolute Gasteiger partial charge is 0.361 e. The SMILES string of the molecule is CC(C)CNc1ncc(-c2ccc(C(F)F)cc2)s1. The van der Waals surface area contributed by atoms with E-state index in [4.69, 9.17) is 0 Å². The third-order valence-corrected chi connectivity index (χ3v) is 3.62. The summed E-state index contributed by atoms with van der Waals surface area (Å²) in [7, 11) is 0. The van der Waals surface area contributed by atoms with Gasteiger partial charge in [0.2, 0.25) is 0 Å². The Hall–Kier alpha value is -1.49. The summed E-state index contributed by atoms with van der Waals surface area (Å²) in [4.78, 5) is 5.26. The Morgan fingerprint density at radius 3 is 2.47 bits per heavy atom. The van der Waals surface area contributed by atoms with Gasteiger partial charge in [-0.1, -0.05) is 49.4 Å². The van der Waals surface area contributed by atoms with Crippen molar-refractivity contribution in [1.29, 1.82) is 0 Å². The lowest BCUT2D eigenvalue weighted by molar-refractivity contribution is 0.151. The summed E-state index contributed by atoms with van der Waals surface area (Å²) in [6.45, 7) is 5.13. The van der Waals surface area contributed by atoms with Crippen molar-refractivity contribution in [3.63, 3.8) is 0 Å². The second kappa shape index (κ2) is 6.10. The highest BCUT2D eigenvalue weighted by atomic mass is 32.1. The molecule has 102 valence electrons. The molecule has 2 aromatic rings. The molecule has 0 unspecified atom stereocenters. The maximum atomic E-state index is 12.5. The van der Waals surface area contributed by atoms with Crippen molar-refractivity contribution in [3.8, 4) is 10.4 Å². The molecular formula is C14H16F2N2S. The lowest BCUT2D eigenvalue weighted by Crippen LogP contribution is -2.07. The van der Waals surface area contributed by atoms with E-state index in [1.54, 1.807) is 18.3 Å². The molecule has 1 heterocycles. The van der Waals surface area contributed by atoms with E-state index in [2.05, 4.69) is 24.1 Å². The molecule has 19 heavy (non-hydrogen) atoms. The normalized spacial score (nSPS) is 11.3. The molecule has 5 heteroatoms. The molecule has 2 nitrogen and oxygen atoms in total. The number of hydrogen-bond donors (Lipinski definition) is 1. The van der Waals surface area contributed by atoms with Gasteiger partial charge in [-0.15, -0.1) is 0 Å². The van der Waals surface area contributed by atoms with Gasteiger partial charge in [-0.3, -0.25) is 0 Å². The Morgan fingerprint density at radius 2 is 1.89 bits per heavy atom. The third-order valence-electron chi connectivity index (χ3n) is 2.61. The summed E-state index contributed by atoms with van der Waals surface area (Å²) in [5, 5.41) is 4.11. The fraction of sp³-hybridized carbons (Fsp3) is 0.357. The van der Waals surface area contributed by atoms with Gasteiger partial charge in [-0.2, -0.15) is 0 Å². The standard InChI is InChI=1S/C14H16F2N2S/c1-9(2)7-17-14-18-8-12(19-14)10-3-5-11(6-4-10)13(15)16/h3-6,8-9,13H,7H2,1-2H3,(H,17,18). The van der Waals surface area contributed by atoms with Crippen LogP contribution in [0.1, 0.15) is 25.8 Å². The number of halogens is 2. The molecular weight excluding hydrogens is 266 g/mol. The van der Waals surface area contributed by atoms with E-state index in [0.717, 1.165) is 22.1 Å². The number of nitrogens with zero attached hydrogens (tertiary/aromatic N) is 1. The molecule has 1 aromatic carbocycles. The fourth-order valence-electron chi connectivity index (χ4n) is 1.57. The van der Waals surface area contributed by atoms with Crippen molar-refractivity contribution in [2.75, 3.05) is 11.9 Å². The van der Waals surface area contributed by atoms with Gasteiger partial charge in [0, 0.05) is 18.3 Å². The molecule has 2 rings (SSSR count). The number of thiazole rings is 1. The van der Waals surface area contributed by atoms with E-state index in [9.17, 15) is 8.78 Å². The number of rotatable bonds is 5. The molecule has 1 aromatic heterocycles. The Bertz CT molecular complexity index is 520. The summed E-state index contributed by atoms with van der Waals surface area (Å²) in [6.07, 6.45) is -0.649. The van der Waals surface area contributed by atoms with Crippen LogP contribution in [0.3, 0.4) is 0 Å². The lowest BCUT2D eigenvalue weighted by Gasteiger charge is -2.04. The van der Waals surface area contributed by atoms with Gasteiger partial charge in [-0.05, 0) is 11.5 Å². The topological polar surface area (TPSA) is 24.9 Å². The molecule has 0 bridgehead atoms. The van der Waals surface area contributed by atoms with Crippen molar-refractivity contribution in [3.05, 3.63) is 36.0 Å². The van der Waals surface area contributed by atoms with Crippen LogP contribution in [0.5, 0.6) is 0 Å². The molecule has 0 aliphatic heterocycles. The van der Waals surface area contributed by atoms with Crippen LogP contribution in [-0.2, 0) is 0 Å². The minimum atomic E-state index is -2.42. The molecule has 0 radical (unpaired) electrons. The second-order valence-corrected chi connectivity index (χ2v) is 5.76. The van der Waals surface area contributed by atoms with Crippen molar-refractivity contribution in [2.45, 2.75) is 20.3 Å². The quantitative estimate of drug-likeness (QED) is 0.850. The fourth-order valence-corrected chi connectivity index (χ4v) is 2.40. The monoisotopic (exact) mass is 282 g/mol. The second-order valence-electron chi connectivity index (χ2n) is 4.73. The van der Waals surface area contributed by atoms with Gasteiger partial charge in [0.1, 0.15) is 0 Å². The zero-order valence-corrected chi connectivity index (χ0v) is 11.7. The number of aromatic nitrogens is 1. The summed E-state index contributed by atoms with van der Waals surface area (Å²) >= 11 is 1.53. The molecule has 0 aliphatic carbocycles. The summed E-state index contributed by atoms with van der Waals surface area (Å²) in [5.41, 5.74) is 0.964. The van der Waals surface area contributed by atoms with E-state index in [0.29, 0.717) is 5.92 Å². The van der Waals surface area contributed by atoms with E-state index < -0.39 is 6.43 Å². The van der Waals surface area contributed by atoms with Crippen LogP contribution in [0, 0.1) is 5.92 Å². The van der Waals surface area contributed by atoms with Crippen molar-refractivity contribution in [2.24, 2.45) is 5.92 Å². The first-order valence-electron chi connectivity index (χ1n) is 6.14. The number of hydrogen-bond acceptors (Lipinski definition) is 3. The van der Waals surface area contributed by atoms with Crippen LogP contribution < -0.4 is 5.32 Å². The zero-order chi connectivity index (χ0) is 13.8. The van der Waals surface area contributed by atoms with Gasteiger partial charge in [0.05, 0.1) is 4.88 Å². The predicted octanol–water partition coefficient (Wildman–Crippen LogP) is 4.82. The Kier molecular flexibility index (Phi) is 4.47. The average molecular weight is 282 g/mol. The third kappa shape index (κ3) is 3.73. The first-order chi connectivity index (χ1) is 9.06. The maximum Gasteiger partial charge on any atom is 0.263 e. The Morgan fingerprint density at radius 1 is 1.21 bits per heavy atom. The van der Waals surface area contributed by atoms with Crippen LogP contribution >= 0.6 is 11.3 Å². The Balaban J connectivity index is 2.09. The van der Waals surface area contributed by atoms with Crippen LogP contribution in [0.2, 0.25) is 0 Å². The van der Waals surface area contributed by atoms with E-state index in [1.165, 1.54) is 23.5 Å². The van der Waals surface area contributed by atoms with Gasteiger partial charge >= 0.3 is 0 Å². The minimum Gasteiger partial charge on any atom is -0.361 e. The van der Waals surface area contributed by atoms with Crippen LogP contribution in [0.15, 0.2) is 30.5 Å². The van der Waals surface area contributed by atoms with Crippen molar-refractivity contribution < 1.29 is 8.78 Å². The molecule has 0 spiro atoms. The zero-order valence-electron chi connectivity index (χ0n) is 10.9. The molecule has 0 atom stereocenters. The number of benzene rings is 1. The van der Waals surface area contributed by atoms with Gasteiger partial charge in [0.15, 0.2) is 5.13 Å². The smallest absolute Gasteiger partial charge is 0.263 e. The average Bonchev–Trinajstić information content (AvgIpc) is 2.85. The van der Waals surface area contributed by atoms with Gasteiger partial charge < -0.3 is 5.32 Å². The minimum absolute atomic E-state index is 0.0476. The van der Waals surface area contributed by atoms with Crippen LogP contribution in [-0.4, -0.2) is 11.5 Å². The lowest BCUT2D eigenvalue weighted by atomic mass is 10.1. The van der Waals surface area contributed by atoms with Gasteiger partial charge in [0.25, 0.3) is 6.43 Å². The van der Waals surface area contributed by atoms with Crippen molar-refractivity contribution in [1.82, 2.24) is 4.98 Å². The van der Waals surface area contributed by atoms with Crippen LogP contribution in [0.25, 0.3) is 10.4 Å². The number of alkyl halides is 2. The van der Waals surface area contributed by atoms with Crippen molar-refractivity contribution >= 4 is 16.5 Å². The number of anilines is 1. The highest BCUT2D eigenvalue weighted by Gasteiger charge is 2.08. The highest BCUT2D eigenvalue weighted by molar-refractivity contribution is 7.18. The summed E-state index contributed by atoms with van der Waals surface area (Å²) < 4.78 is 24.9. The molecule has 0 saturated carbocycles. The molecule has 0 saturated heterocycles. The molecule has 0 fully saturated rings. The predicted molar refractivity (Wildman–Crippen MR) is 75.8 cm³/mol. The van der Waals surface area contributed by atoms with E-state index in [-0.39, 0.29) is 5.56 Å². The molecule has 0 aliphatic rings. The Labute approximate surface area is 115 Å². The van der Waals surface area contributed by atoms with Gasteiger partial charge in [-0.25, -0.2) is 13.8 Å². The van der Waals surface area contributed by atoms with Crippen LogP contribution in [0.4, 0.5) is 13.9 Å². The maximum absolute atomic E-state index is 12.5. The molecule has 0 amide bonds. The van der Waals surface area contributed by atoms with E-state index in [1.807, 2.05) is 0 Å².